The van der Waals surface area contributed by atoms with Crippen LogP contribution in [-0.4, -0.2) is 69.9 Å². The number of imidazole rings is 1. The predicted octanol–water partition coefficient (Wildman–Crippen LogP) is 2.05. The number of fused-ring (bicyclic) bond motifs is 1. The minimum Gasteiger partial charge on any atom is -0.463 e. The van der Waals surface area contributed by atoms with Gasteiger partial charge in [-0.3, -0.25) is 14.2 Å². The summed E-state index contributed by atoms with van der Waals surface area (Å²) in [5, 5.41) is 0. The fourth-order valence-corrected chi connectivity index (χ4v) is 4.43. The first kappa shape index (κ1) is 30.6. The van der Waals surface area contributed by atoms with Crippen molar-refractivity contribution in [2.75, 3.05) is 30.9 Å². The molecule has 0 atom stereocenters. The number of sulfone groups is 1. The van der Waals surface area contributed by atoms with E-state index >= 15 is 0 Å². The number of nitrogens with zero attached hydrogens (tertiary/aromatic N) is 4. The predicted molar refractivity (Wildman–Crippen MR) is 150 cm³/mol. The minimum atomic E-state index is -3.34. The molecule has 3 aromatic rings. The van der Waals surface area contributed by atoms with Gasteiger partial charge in [0.15, 0.2) is 11.5 Å². The van der Waals surface area contributed by atoms with Gasteiger partial charge in [0.2, 0.25) is 5.91 Å². The van der Waals surface area contributed by atoms with E-state index in [1.54, 1.807) is 31.2 Å². The van der Waals surface area contributed by atoms with Crippen LogP contribution in [-0.2, 0) is 32.5 Å². The molecule has 0 saturated carbocycles. The zero-order chi connectivity index (χ0) is 29.3. The Morgan fingerprint density at radius 1 is 1.18 bits per heavy atom. The van der Waals surface area contributed by atoms with Gasteiger partial charge in [0, 0.05) is 38.7 Å². The first-order valence-corrected chi connectivity index (χ1v) is 15.2. The highest BCUT2D eigenvalue weighted by molar-refractivity contribution is 7.90. The normalized spacial score (nSPS) is 11.5. The maximum atomic E-state index is 13.0. The van der Waals surface area contributed by atoms with Crippen molar-refractivity contribution in [3.05, 3.63) is 40.3 Å². The van der Waals surface area contributed by atoms with Gasteiger partial charge in [-0.1, -0.05) is 32.4 Å². The number of aromatic amines is 1. The number of anilines is 1. The summed E-state index contributed by atoms with van der Waals surface area (Å²) in [5.74, 6) is -0.576. The zero-order valence-electron chi connectivity index (χ0n) is 23.0. The molecule has 0 fully saturated rings. The summed E-state index contributed by atoms with van der Waals surface area (Å²) in [5.41, 5.74) is 6.88. The first-order valence-electron chi connectivity index (χ1n) is 13.1. The lowest BCUT2D eigenvalue weighted by Gasteiger charge is -2.23. The van der Waals surface area contributed by atoms with E-state index < -0.39 is 15.5 Å². The minimum absolute atomic E-state index is 0.0763. The molecular formula is C26H36N6O7S. The van der Waals surface area contributed by atoms with E-state index in [4.69, 9.17) is 15.2 Å². The second kappa shape index (κ2) is 13.9. The van der Waals surface area contributed by atoms with Crippen molar-refractivity contribution in [1.29, 1.82) is 0 Å². The third-order valence-corrected chi connectivity index (χ3v) is 6.95. The number of hydrogen-bond donors (Lipinski definition) is 2. The molecule has 0 radical (unpaired) electrons. The van der Waals surface area contributed by atoms with Crippen LogP contribution in [0.1, 0.15) is 51.5 Å². The van der Waals surface area contributed by atoms with E-state index in [2.05, 4.69) is 15.0 Å². The van der Waals surface area contributed by atoms with Crippen LogP contribution >= 0.6 is 0 Å². The molecule has 0 aliphatic rings. The average molecular weight is 577 g/mol. The van der Waals surface area contributed by atoms with Gasteiger partial charge in [0.05, 0.1) is 12.4 Å². The number of rotatable bonds is 15. The molecule has 0 saturated heterocycles. The Bertz CT molecular complexity index is 1500. The van der Waals surface area contributed by atoms with Gasteiger partial charge in [-0.15, -0.1) is 0 Å². The monoisotopic (exact) mass is 576 g/mol. The second-order valence-corrected chi connectivity index (χ2v) is 11.7. The van der Waals surface area contributed by atoms with Crippen LogP contribution in [0.4, 0.5) is 5.82 Å². The van der Waals surface area contributed by atoms with E-state index in [-0.39, 0.29) is 61.9 Å². The van der Waals surface area contributed by atoms with Gasteiger partial charge < -0.3 is 25.1 Å². The molecule has 13 nitrogen and oxygen atoms in total. The number of ether oxygens (including phenoxy) is 2. The lowest BCUT2D eigenvalue weighted by atomic mass is 10.2. The number of aromatic nitrogens is 4. The number of carbonyl (C=O) groups is 2. The van der Waals surface area contributed by atoms with Crippen molar-refractivity contribution in [1.82, 2.24) is 24.4 Å². The summed E-state index contributed by atoms with van der Waals surface area (Å²) < 4.78 is 35.6. The van der Waals surface area contributed by atoms with E-state index in [1.165, 1.54) is 9.47 Å². The van der Waals surface area contributed by atoms with Gasteiger partial charge in [-0.05, 0) is 30.5 Å². The fraction of sp³-hybridized carbons (Fsp3) is 0.500. The van der Waals surface area contributed by atoms with Gasteiger partial charge >= 0.3 is 17.7 Å². The number of aryl methyl sites for hydroxylation is 1. The van der Waals surface area contributed by atoms with Crippen LogP contribution in [0.3, 0.4) is 0 Å². The van der Waals surface area contributed by atoms with Crippen molar-refractivity contribution in [3.63, 3.8) is 0 Å². The van der Waals surface area contributed by atoms with Crippen LogP contribution in [0, 0.1) is 0 Å². The lowest BCUT2D eigenvalue weighted by Crippen LogP contribution is -2.33. The lowest BCUT2D eigenvalue weighted by molar-refractivity contribution is -0.134. The number of hydrogen-bond acceptors (Lipinski definition) is 10. The Balaban J connectivity index is 1.78. The van der Waals surface area contributed by atoms with Crippen molar-refractivity contribution >= 4 is 38.7 Å². The number of benzene rings is 1. The van der Waals surface area contributed by atoms with E-state index in [9.17, 15) is 22.8 Å². The molecule has 3 rings (SSSR count). The van der Waals surface area contributed by atoms with Crippen molar-refractivity contribution in [2.45, 2.75) is 59.0 Å². The number of unbranched alkanes of at least 4 members (excludes halogenated alkanes) is 1. The fourth-order valence-electron chi connectivity index (χ4n) is 3.88. The van der Waals surface area contributed by atoms with Gasteiger partial charge in [-0.2, -0.15) is 9.97 Å². The number of nitrogens with two attached hydrogens (primary N) is 1. The standard InChI is InChI=1S/C26H36N6O7S/c1-4-6-14-38-25-29-23(27)22-24(30-25)32(26(35)28-22)13-8-12-31(20(33)11-15-40(3,36)37)17-18-9-7-10-19(16-18)39-21(34)5-2/h7,9-10,16H,4-6,8,11-15,17H2,1-3H3,(H,28,35)(H2,27,29,30). The summed E-state index contributed by atoms with van der Waals surface area (Å²) in [6, 6.07) is 6.87. The quantitative estimate of drug-likeness (QED) is 0.154. The number of H-pyrrole nitrogens is 1. The Kier molecular flexibility index (Phi) is 10.6. The van der Waals surface area contributed by atoms with E-state index in [0.717, 1.165) is 19.1 Å². The third kappa shape index (κ3) is 8.79. The maximum Gasteiger partial charge on any atom is 0.327 e. The summed E-state index contributed by atoms with van der Waals surface area (Å²) in [6.07, 6.45) is 3.22. The SMILES string of the molecule is CCCCOc1nc(N)c2[nH]c(=O)n(CCCN(Cc3cccc(OC(=O)CC)c3)C(=O)CCS(C)(=O)=O)c2n1. The molecule has 40 heavy (non-hydrogen) atoms. The number of carbonyl (C=O) groups excluding carboxylic acids is 2. The van der Waals surface area contributed by atoms with Crippen LogP contribution < -0.4 is 20.9 Å². The molecule has 14 heteroatoms. The van der Waals surface area contributed by atoms with Crippen LogP contribution in [0.2, 0.25) is 0 Å². The molecule has 0 spiro atoms. The maximum absolute atomic E-state index is 13.0. The number of esters is 1. The summed E-state index contributed by atoms with van der Waals surface area (Å²) in [6.45, 7) is 4.72. The van der Waals surface area contributed by atoms with Crippen molar-refractivity contribution in [2.24, 2.45) is 0 Å². The van der Waals surface area contributed by atoms with E-state index in [1.807, 2.05) is 6.92 Å². The van der Waals surface area contributed by atoms with Crippen molar-refractivity contribution < 1.29 is 27.5 Å². The molecule has 0 aliphatic carbocycles. The largest absolute Gasteiger partial charge is 0.463 e. The van der Waals surface area contributed by atoms with Crippen LogP contribution in [0.5, 0.6) is 11.8 Å². The summed E-state index contributed by atoms with van der Waals surface area (Å²) in [4.78, 5) is 50.1. The summed E-state index contributed by atoms with van der Waals surface area (Å²) in [7, 11) is -3.34. The molecule has 1 amide bonds. The average Bonchev–Trinajstić information content (AvgIpc) is 3.22. The highest BCUT2D eigenvalue weighted by Crippen LogP contribution is 2.19. The molecule has 0 unspecified atom stereocenters. The number of amides is 1. The smallest absolute Gasteiger partial charge is 0.327 e. The number of nitrogens with one attached hydrogen (secondary N) is 1. The molecule has 0 aliphatic heterocycles. The summed E-state index contributed by atoms with van der Waals surface area (Å²) >= 11 is 0. The Labute approximate surface area is 232 Å². The van der Waals surface area contributed by atoms with Crippen molar-refractivity contribution in [3.8, 4) is 11.8 Å². The van der Waals surface area contributed by atoms with Gasteiger partial charge in [0.25, 0.3) is 0 Å². The highest BCUT2D eigenvalue weighted by Gasteiger charge is 2.19. The molecule has 0 bridgehead atoms. The second-order valence-electron chi connectivity index (χ2n) is 9.40. The van der Waals surface area contributed by atoms with E-state index in [0.29, 0.717) is 35.5 Å². The Hall–Kier alpha value is -3.94. The Morgan fingerprint density at radius 3 is 2.65 bits per heavy atom. The topological polar surface area (TPSA) is 180 Å². The number of nitrogen functional groups attached to an aromatic ring is 1. The molecule has 1 aromatic carbocycles. The van der Waals surface area contributed by atoms with Crippen LogP contribution in [0.25, 0.3) is 11.2 Å². The first-order chi connectivity index (χ1) is 19.0. The van der Waals surface area contributed by atoms with Gasteiger partial charge in [0.1, 0.15) is 21.1 Å². The van der Waals surface area contributed by atoms with Crippen LogP contribution in [0.15, 0.2) is 29.1 Å². The molecule has 218 valence electrons. The molecule has 2 heterocycles. The molecular weight excluding hydrogens is 540 g/mol. The third-order valence-electron chi connectivity index (χ3n) is 6.00. The molecule has 3 N–H and O–H groups in total. The zero-order valence-corrected chi connectivity index (χ0v) is 23.8. The van der Waals surface area contributed by atoms with Gasteiger partial charge in [-0.25, -0.2) is 13.2 Å². The Morgan fingerprint density at radius 2 is 1.95 bits per heavy atom. The highest BCUT2D eigenvalue weighted by atomic mass is 32.2. The molecule has 2 aromatic heterocycles.